The molecule has 0 aromatic heterocycles. The minimum absolute atomic E-state index is 0.178. The summed E-state index contributed by atoms with van der Waals surface area (Å²) in [7, 11) is 8.92. The van der Waals surface area contributed by atoms with Gasteiger partial charge in [0.2, 0.25) is 0 Å². The molecule has 0 aliphatic carbocycles. The molecule has 0 bridgehead atoms. The SMILES string of the molecule is COc1cc(NC(=O)NCC2OC(CO)C(O)C2N(C)CCN(C)C)cc(OC)c1. The summed E-state index contributed by atoms with van der Waals surface area (Å²) in [5.74, 6) is 1.11. The monoisotopic (exact) mass is 426 g/mol. The summed E-state index contributed by atoms with van der Waals surface area (Å²) in [5, 5.41) is 25.6. The average Bonchev–Trinajstić information content (AvgIpc) is 3.05. The number of aliphatic hydroxyl groups is 2. The first kappa shape index (κ1) is 24.2. The second-order valence-corrected chi connectivity index (χ2v) is 7.60. The van der Waals surface area contributed by atoms with E-state index in [9.17, 15) is 15.0 Å². The number of nitrogens with zero attached hydrogens (tertiary/aromatic N) is 2. The Kier molecular flexibility index (Phi) is 9.12. The van der Waals surface area contributed by atoms with E-state index in [1.54, 1.807) is 18.2 Å². The highest BCUT2D eigenvalue weighted by molar-refractivity contribution is 5.89. The Morgan fingerprint density at radius 1 is 1.10 bits per heavy atom. The van der Waals surface area contributed by atoms with Crippen molar-refractivity contribution in [2.45, 2.75) is 24.4 Å². The molecule has 1 fully saturated rings. The number of hydrogen-bond donors (Lipinski definition) is 4. The summed E-state index contributed by atoms with van der Waals surface area (Å²) >= 11 is 0. The predicted octanol–water partition coefficient (Wildman–Crippen LogP) is -0.192. The van der Waals surface area contributed by atoms with E-state index >= 15 is 0 Å². The molecule has 1 aromatic rings. The molecule has 30 heavy (non-hydrogen) atoms. The lowest BCUT2D eigenvalue weighted by Gasteiger charge is -2.31. The van der Waals surface area contributed by atoms with Gasteiger partial charge < -0.3 is 40.0 Å². The van der Waals surface area contributed by atoms with Crippen LogP contribution in [0.5, 0.6) is 11.5 Å². The number of carbonyl (C=O) groups is 1. The van der Waals surface area contributed by atoms with Crippen molar-refractivity contribution in [3.05, 3.63) is 18.2 Å². The van der Waals surface area contributed by atoms with Gasteiger partial charge in [-0.15, -0.1) is 0 Å². The average molecular weight is 427 g/mol. The van der Waals surface area contributed by atoms with Crippen LogP contribution in [0.2, 0.25) is 0 Å². The summed E-state index contributed by atoms with van der Waals surface area (Å²) in [6.07, 6.45) is -2.00. The number of nitrogens with one attached hydrogen (secondary N) is 2. The van der Waals surface area contributed by atoms with Crippen molar-refractivity contribution in [3.63, 3.8) is 0 Å². The maximum absolute atomic E-state index is 12.4. The summed E-state index contributed by atoms with van der Waals surface area (Å²) in [5.41, 5.74) is 0.518. The lowest BCUT2D eigenvalue weighted by Crippen LogP contribution is -2.51. The Balaban J connectivity index is 1.98. The van der Waals surface area contributed by atoms with E-state index in [4.69, 9.17) is 14.2 Å². The summed E-state index contributed by atoms with van der Waals surface area (Å²) in [6.45, 7) is 1.41. The fraction of sp³-hybridized carbons (Fsp3) is 0.650. The molecule has 0 spiro atoms. The topological polar surface area (TPSA) is 116 Å². The molecule has 2 rings (SSSR count). The molecular weight excluding hydrogens is 392 g/mol. The van der Waals surface area contributed by atoms with Crippen LogP contribution in [0.4, 0.5) is 10.5 Å². The standard InChI is InChI=1S/C20H34N4O6/c1-23(2)6-7-24(3)18-16(30-17(12-25)19(18)26)11-21-20(27)22-13-8-14(28-4)10-15(9-13)29-5/h8-10,16-19,25-26H,6-7,11-12H2,1-5H3,(H2,21,22,27). The van der Waals surface area contributed by atoms with Gasteiger partial charge in [-0.25, -0.2) is 4.79 Å². The number of rotatable bonds is 10. The number of aliphatic hydroxyl groups excluding tert-OH is 2. The van der Waals surface area contributed by atoms with Crippen molar-refractivity contribution in [2.75, 3.05) is 66.9 Å². The zero-order valence-electron chi connectivity index (χ0n) is 18.3. The molecule has 0 saturated carbocycles. The fourth-order valence-corrected chi connectivity index (χ4v) is 3.44. The third kappa shape index (κ3) is 6.44. The zero-order valence-corrected chi connectivity index (χ0v) is 18.3. The minimum Gasteiger partial charge on any atom is -0.497 e. The molecule has 1 saturated heterocycles. The molecule has 10 nitrogen and oxygen atoms in total. The molecule has 4 atom stereocenters. The zero-order chi connectivity index (χ0) is 22.3. The molecule has 10 heteroatoms. The van der Waals surface area contributed by atoms with Crippen LogP contribution in [0.25, 0.3) is 0 Å². The lowest BCUT2D eigenvalue weighted by molar-refractivity contribution is -0.0205. The summed E-state index contributed by atoms with van der Waals surface area (Å²) < 4.78 is 16.2. The molecule has 4 unspecified atom stereocenters. The maximum atomic E-state index is 12.4. The molecule has 170 valence electrons. The molecule has 0 radical (unpaired) electrons. The molecule has 1 aliphatic rings. The Hall–Kier alpha value is -2.11. The van der Waals surface area contributed by atoms with Gasteiger partial charge in [0.15, 0.2) is 0 Å². The van der Waals surface area contributed by atoms with E-state index in [2.05, 4.69) is 10.6 Å². The van der Waals surface area contributed by atoms with Gasteiger partial charge in [-0.3, -0.25) is 4.90 Å². The maximum Gasteiger partial charge on any atom is 0.319 e. The van der Waals surface area contributed by atoms with E-state index in [-0.39, 0.29) is 19.2 Å². The minimum atomic E-state index is -0.848. The number of anilines is 1. The number of hydrogen-bond acceptors (Lipinski definition) is 8. The van der Waals surface area contributed by atoms with Crippen LogP contribution in [0.3, 0.4) is 0 Å². The highest BCUT2D eigenvalue weighted by atomic mass is 16.5. The number of urea groups is 1. The number of benzene rings is 1. The van der Waals surface area contributed by atoms with Crippen molar-refractivity contribution < 1.29 is 29.2 Å². The summed E-state index contributed by atoms with van der Waals surface area (Å²) in [6, 6.07) is 4.29. The first-order valence-corrected chi connectivity index (χ1v) is 9.86. The molecule has 1 aromatic carbocycles. The van der Waals surface area contributed by atoms with Crippen LogP contribution in [0.15, 0.2) is 18.2 Å². The Labute approximate surface area is 177 Å². The molecule has 4 N–H and O–H groups in total. The van der Waals surface area contributed by atoms with Crippen molar-refractivity contribution >= 4 is 11.7 Å². The third-order valence-electron chi connectivity index (χ3n) is 5.12. The number of ether oxygens (including phenoxy) is 3. The van der Waals surface area contributed by atoms with Gasteiger partial charge in [-0.1, -0.05) is 0 Å². The van der Waals surface area contributed by atoms with Crippen LogP contribution in [-0.2, 0) is 4.74 Å². The normalized spacial score (nSPS) is 23.6. The van der Waals surface area contributed by atoms with Crippen molar-refractivity contribution in [1.82, 2.24) is 15.1 Å². The van der Waals surface area contributed by atoms with Crippen LogP contribution in [0.1, 0.15) is 0 Å². The molecule has 1 aliphatic heterocycles. The van der Waals surface area contributed by atoms with Gasteiger partial charge in [-0.2, -0.15) is 0 Å². The number of amides is 2. The molecular formula is C20H34N4O6. The van der Waals surface area contributed by atoms with E-state index in [0.29, 0.717) is 23.7 Å². The number of carbonyl (C=O) groups excluding carboxylic acids is 1. The van der Waals surface area contributed by atoms with E-state index in [1.807, 2.05) is 30.9 Å². The van der Waals surface area contributed by atoms with Gasteiger partial charge in [0.1, 0.15) is 23.7 Å². The first-order chi connectivity index (χ1) is 14.3. The van der Waals surface area contributed by atoms with E-state index < -0.39 is 24.3 Å². The third-order valence-corrected chi connectivity index (χ3v) is 5.12. The Bertz CT molecular complexity index is 667. The van der Waals surface area contributed by atoms with Crippen LogP contribution >= 0.6 is 0 Å². The smallest absolute Gasteiger partial charge is 0.319 e. The fourth-order valence-electron chi connectivity index (χ4n) is 3.44. The highest BCUT2D eigenvalue weighted by Crippen LogP contribution is 2.26. The van der Waals surface area contributed by atoms with Gasteiger partial charge in [0.25, 0.3) is 0 Å². The highest BCUT2D eigenvalue weighted by Gasteiger charge is 2.45. The van der Waals surface area contributed by atoms with Crippen LogP contribution in [-0.4, -0.2) is 112 Å². The summed E-state index contributed by atoms with van der Waals surface area (Å²) in [4.78, 5) is 16.4. The second-order valence-electron chi connectivity index (χ2n) is 7.60. The number of likely N-dealkylation sites (N-methyl/N-ethyl adjacent to an activating group) is 2. The van der Waals surface area contributed by atoms with E-state index in [0.717, 1.165) is 6.54 Å². The molecule has 1 heterocycles. The lowest BCUT2D eigenvalue weighted by atomic mass is 10.0. The van der Waals surface area contributed by atoms with Crippen LogP contribution in [0, 0.1) is 0 Å². The van der Waals surface area contributed by atoms with Crippen LogP contribution < -0.4 is 20.1 Å². The quantitative estimate of drug-likeness (QED) is 0.407. The van der Waals surface area contributed by atoms with Gasteiger partial charge in [-0.05, 0) is 21.1 Å². The van der Waals surface area contributed by atoms with E-state index in [1.165, 1.54) is 14.2 Å². The van der Waals surface area contributed by atoms with Gasteiger partial charge in [0.05, 0.1) is 33.0 Å². The second kappa shape index (κ2) is 11.3. The Morgan fingerprint density at radius 3 is 2.27 bits per heavy atom. The van der Waals surface area contributed by atoms with Gasteiger partial charge >= 0.3 is 6.03 Å². The Morgan fingerprint density at radius 2 is 1.73 bits per heavy atom. The van der Waals surface area contributed by atoms with Crippen molar-refractivity contribution in [1.29, 1.82) is 0 Å². The first-order valence-electron chi connectivity index (χ1n) is 9.86. The van der Waals surface area contributed by atoms with Crippen molar-refractivity contribution in [2.24, 2.45) is 0 Å². The largest absolute Gasteiger partial charge is 0.497 e. The predicted molar refractivity (Wildman–Crippen MR) is 113 cm³/mol. The van der Waals surface area contributed by atoms with Crippen molar-refractivity contribution in [3.8, 4) is 11.5 Å². The molecule has 2 amide bonds. The van der Waals surface area contributed by atoms with Gasteiger partial charge in [0, 0.05) is 43.5 Å². The number of methoxy groups -OCH3 is 2.